The molecule has 0 unspecified atom stereocenters. The molecule has 1 N–H and O–H groups in total. The highest BCUT2D eigenvalue weighted by molar-refractivity contribution is 7.15. The van der Waals surface area contributed by atoms with Crippen molar-refractivity contribution in [2.24, 2.45) is 5.92 Å². The largest absolute Gasteiger partial charge is 0.494 e. The lowest BCUT2D eigenvalue weighted by atomic mass is 10.0. The molecule has 3 aromatic rings. The fraction of sp³-hybridized carbons (Fsp3) is 0.381. The van der Waals surface area contributed by atoms with Crippen molar-refractivity contribution >= 4 is 28.3 Å². The first-order valence-corrected chi connectivity index (χ1v) is 10.1. The minimum absolute atomic E-state index is 0.214. The topological polar surface area (TPSA) is 62.9 Å². The Morgan fingerprint density at radius 1 is 1.30 bits per heavy atom. The smallest absolute Gasteiger partial charge is 0.309 e. The van der Waals surface area contributed by atoms with E-state index in [1.807, 2.05) is 18.2 Å². The van der Waals surface area contributed by atoms with E-state index in [1.54, 1.807) is 11.3 Å². The summed E-state index contributed by atoms with van der Waals surface area (Å²) in [6.45, 7) is 4.95. The lowest BCUT2D eigenvalue weighted by Gasteiger charge is -2.36. The Hall–Kier alpha value is -2.31. The summed E-state index contributed by atoms with van der Waals surface area (Å²) in [7, 11) is 0. The van der Waals surface area contributed by atoms with E-state index in [1.165, 1.54) is 4.88 Å². The first-order chi connectivity index (χ1) is 13.1. The van der Waals surface area contributed by atoms with Gasteiger partial charge >= 0.3 is 5.97 Å². The third-order valence-corrected chi connectivity index (χ3v) is 5.93. The minimum atomic E-state index is -0.696. The first kappa shape index (κ1) is 18.1. The van der Waals surface area contributed by atoms with Crippen molar-refractivity contribution in [3.8, 4) is 16.4 Å². The van der Waals surface area contributed by atoms with Crippen LogP contribution >= 0.6 is 11.3 Å². The molecule has 2 aromatic heterocycles. The van der Waals surface area contributed by atoms with Gasteiger partial charge in [0, 0.05) is 29.9 Å². The highest BCUT2D eigenvalue weighted by atomic mass is 32.1. The number of unbranched alkanes of at least 4 members (excludes halogenated alkanes) is 1. The summed E-state index contributed by atoms with van der Waals surface area (Å²) in [5.74, 6) is 0.826. The lowest BCUT2D eigenvalue weighted by Crippen LogP contribution is -2.49. The molecule has 6 heteroatoms. The molecule has 1 aliphatic rings. The summed E-state index contributed by atoms with van der Waals surface area (Å²) in [4.78, 5) is 15.4. The highest BCUT2D eigenvalue weighted by Crippen LogP contribution is 2.35. The zero-order chi connectivity index (χ0) is 18.8. The van der Waals surface area contributed by atoms with Crippen LogP contribution in [-0.2, 0) is 11.3 Å². The molecule has 0 radical (unpaired) electrons. The second-order valence-corrected chi connectivity index (χ2v) is 8.18. The Balaban J connectivity index is 1.43. The number of hydrogen-bond acceptors (Lipinski definition) is 5. The fourth-order valence-electron chi connectivity index (χ4n) is 3.24. The van der Waals surface area contributed by atoms with Crippen molar-refractivity contribution in [3.05, 3.63) is 41.3 Å². The molecule has 4 rings (SSSR count). The maximum absolute atomic E-state index is 10.9. The third-order valence-electron chi connectivity index (χ3n) is 4.84. The second kappa shape index (κ2) is 7.74. The fourth-order valence-corrected chi connectivity index (χ4v) is 4.24. The molecular formula is C21H23NO4S. The van der Waals surface area contributed by atoms with Gasteiger partial charge in [-0.05, 0) is 42.8 Å². The van der Waals surface area contributed by atoms with Crippen molar-refractivity contribution in [3.63, 3.8) is 0 Å². The number of carbonyl (C=O) groups is 1. The van der Waals surface area contributed by atoms with Crippen LogP contribution < -0.4 is 4.74 Å². The predicted octanol–water partition coefficient (Wildman–Crippen LogP) is 4.86. The van der Waals surface area contributed by atoms with Crippen LogP contribution in [0.15, 0.2) is 40.8 Å². The number of carboxylic acids is 1. The van der Waals surface area contributed by atoms with Crippen molar-refractivity contribution in [2.45, 2.75) is 26.3 Å². The summed E-state index contributed by atoms with van der Waals surface area (Å²) in [5, 5.41) is 10.0. The number of benzene rings is 1. The van der Waals surface area contributed by atoms with Crippen LogP contribution in [0.3, 0.4) is 0 Å². The summed E-state index contributed by atoms with van der Waals surface area (Å²) >= 11 is 1.70. The van der Waals surface area contributed by atoms with Crippen LogP contribution in [0, 0.1) is 5.92 Å². The van der Waals surface area contributed by atoms with Crippen LogP contribution in [0.4, 0.5) is 0 Å². The van der Waals surface area contributed by atoms with Crippen LogP contribution in [0.5, 0.6) is 5.75 Å². The van der Waals surface area contributed by atoms with Gasteiger partial charge in [-0.25, -0.2) is 0 Å². The quantitative estimate of drug-likeness (QED) is 0.561. The van der Waals surface area contributed by atoms with E-state index in [0.29, 0.717) is 13.1 Å². The SMILES string of the molecule is CCCCOc1ccc2oc(-c3ccc(CN4CC(C(=O)O)C4)s3)cc2c1. The van der Waals surface area contributed by atoms with E-state index in [-0.39, 0.29) is 5.92 Å². The van der Waals surface area contributed by atoms with Gasteiger partial charge in [-0.3, -0.25) is 9.69 Å². The Kier molecular flexibility index (Phi) is 5.18. The van der Waals surface area contributed by atoms with Crippen molar-refractivity contribution in [1.82, 2.24) is 4.90 Å². The second-order valence-electron chi connectivity index (χ2n) is 7.01. The number of aliphatic carboxylic acids is 1. The van der Waals surface area contributed by atoms with Gasteiger partial charge in [-0.1, -0.05) is 13.3 Å². The average Bonchev–Trinajstić information content (AvgIpc) is 3.23. The van der Waals surface area contributed by atoms with Crippen LogP contribution in [0.25, 0.3) is 21.6 Å². The number of rotatable bonds is 8. The Morgan fingerprint density at radius 3 is 2.93 bits per heavy atom. The summed E-state index contributed by atoms with van der Waals surface area (Å²) < 4.78 is 11.8. The summed E-state index contributed by atoms with van der Waals surface area (Å²) in [5.41, 5.74) is 0.856. The zero-order valence-electron chi connectivity index (χ0n) is 15.3. The first-order valence-electron chi connectivity index (χ1n) is 9.33. The molecule has 0 bridgehead atoms. The van der Waals surface area contributed by atoms with Crippen LogP contribution in [0.1, 0.15) is 24.6 Å². The average molecular weight is 385 g/mol. The third kappa shape index (κ3) is 4.01. The van der Waals surface area contributed by atoms with Crippen molar-refractivity contribution in [2.75, 3.05) is 19.7 Å². The van der Waals surface area contributed by atoms with Gasteiger partial charge in [0.1, 0.15) is 17.1 Å². The Bertz CT molecular complexity index is 939. The maximum Gasteiger partial charge on any atom is 0.309 e. The van der Waals surface area contributed by atoms with Gasteiger partial charge in [0.2, 0.25) is 0 Å². The van der Waals surface area contributed by atoms with Gasteiger partial charge in [0.05, 0.1) is 17.4 Å². The monoisotopic (exact) mass is 385 g/mol. The highest BCUT2D eigenvalue weighted by Gasteiger charge is 2.32. The van der Waals surface area contributed by atoms with Crippen molar-refractivity contribution < 1.29 is 19.1 Å². The lowest BCUT2D eigenvalue weighted by molar-refractivity contribution is -0.147. The maximum atomic E-state index is 10.9. The molecule has 1 saturated heterocycles. The van der Waals surface area contributed by atoms with Gasteiger partial charge in [0.15, 0.2) is 0 Å². The molecule has 0 spiro atoms. The molecule has 1 aromatic carbocycles. The van der Waals surface area contributed by atoms with Crippen LogP contribution in [0.2, 0.25) is 0 Å². The van der Waals surface area contributed by atoms with E-state index in [0.717, 1.165) is 53.3 Å². The van der Waals surface area contributed by atoms with Gasteiger partial charge in [-0.2, -0.15) is 0 Å². The van der Waals surface area contributed by atoms with Gasteiger partial charge in [0.25, 0.3) is 0 Å². The molecule has 27 heavy (non-hydrogen) atoms. The number of ether oxygens (including phenoxy) is 1. The van der Waals surface area contributed by atoms with Crippen molar-refractivity contribution in [1.29, 1.82) is 0 Å². The number of thiophene rings is 1. The summed E-state index contributed by atoms with van der Waals surface area (Å²) in [6.07, 6.45) is 2.17. The van der Waals surface area contributed by atoms with E-state index in [4.69, 9.17) is 14.3 Å². The van der Waals surface area contributed by atoms with Gasteiger partial charge in [-0.15, -0.1) is 11.3 Å². The molecule has 0 saturated carbocycles. The molecule has 0 amide bonds. The van der Waals surface area contributed by atoms with Crippen LogP contribution in [-0.4, -0.2) is 35.7 Å². The standard InChI is InChI=1S/C21H23NO4S/c1-2-3-8-25-16-4-6-18-14(9-16)10-19(26-18)20-7-5-17(27-20)13-22-11-15(12-22)21(23)24/h4-7,9-10,15H,2-3,8,11-13H2,1H3,(H,23,24). The summed E-state index contributed by atoms with van der Waals surface area (Å²) in [6, 6.07) is 12.2. The number of likely N-dealkylation sites (tertiary alicyclic amines) is 1. The molecular weight excluding hydrogens is 362 g/mol. The number of hydrogen-bond donors (Lipinski definition) is 1. The normalized spacial score (nSPS) is 15.1. The predicted molar refractivity (Wildman–Crippen MR) is 106 cm³/mol. The number of furan rings is 1. The number of carboxylic acid groups (broad SMARTS) is 1. The molecule has 5 nitrogen and oxygen atoms in total. The van der Waals surface area contributed by atoms with E-state index in [2.05, 4.69) is 30.0 Å². The number of nitrogens with zero attached hydrogens (tertiary/aromatic N) is 1. The number of fused-ring (bicyclic) bond motifs is 1. The molecule has 142 valence electrons. The van der Waals surface area contributed by atoms with E-state index < -0.39 is 5.97 Å². The molecule has 3 heterocycles. The Labute approximate surface area is 162 Å². The Morgan fingerprint density at radius 2 is 2.15 bits per heavy atom. The molecule has 1 aliphatic heterocycles. The van der Waals surface area contributed by atoms with Gasteiger partial charge < -0.3 is 14.3 Å². The molecule has 0 atom stereocenters. The van der Waals surface area contributed by atoms with E-state index >= 15 is 0 Å². The van der Waals surface area contributed by atoms with E-state index in [9.17, 15) is 4.79 Å². The minimum Gasteiger partial charge on any atom is -0.494 e. The molecule has 0 aliphatic carbocycles. The zero-order valence-corrected chi connectivity index (χ0v) is 16.1. The molecule has 1 fully saturated rings.